The number of rotatable bonds is 11. The first-order chi connectivity index (χ1) is 13.2. The summed E-state index contributed by atoms with van der Waals surface area (Å²) < 4.78 is 16.9. The average Bonchev–Trinajstić information content (AvgIpc) is 2.68. The maximum absolute atomic E-state index is 5.80. The van der Waals surface area contributed by atoms with E-state index in [4.69, 9.17) is 46.3 Å². The van der Waals surface area contributed by atoms with Crippen LogP contribution in [0.25, 0.3) is 0 Å². The quantitative estimate of drug-likeness (QED) is 0.566. The van der Waals surface area contributed by atoms with E-state index in [9.17, 15) is 0 Å². The van der Waals surface area contributed by atoms with Gasteiger partial charge < -0.3 is 14.2 Å². The van der Waals surface area contributed by atoms with Gasteiger partial charge in [0.05, 0.1) is 19.2 Å². The third-order valence-corrected chi connectivity index (χ3v) is 3.38. The fourth-order valence-electron chi connectivity index (χ4n) is 2.28. The first-order valence-corrected chi connectivity index (χ1v) is 8.10. The molecule has 4 heteroatoms. The Morgan fingerprint density at radius 3 is 1.93 bits per heavy atom. The fraction of sp³-hybridized carbons (Fsp3) is 0.304. The van der Waals surface area contributed by atoms with Crippen molar-refractivity contribution in [1.82, 2.24) is 4.90 Å². The van der Waals surface area contributed by atoms with Gasteiger partial charge in [-0.25, -0.2) is 0 Å². The third-order valence-electron chi connectivity index (χ3n) is 3.38. The predicted molar refractivity (Wildman–Crippen MR) is 107 cm³/mol. The molecule has 0 spiro atoms. The Kier molecular flexibility index (Phi) is 10.3. The summed E-state index contributed by atoms with van der Waals surface area (Å²) in [5, 5.41) is 0. The van der Waals surface area contributed by atoms with Crippen molar-refractivity contribution in [3.8, 4) is 73.2 Å². The first kappa shape index (κ1) is 21.6. The van der Waals surface area contributed by atoms with Crippen LogP contribution in [0, 0.1) is 61.7 Å². The van der Waals surface area contributed by atoms with Crippen LogP contribution in [0.4, 0.5) is 0 Å². The minimum absolute atomic E-state index is 0.0893. The number of nitrogens with zero attached hydrogens (tertiary/aromatic N) is 1. The number of ether oxygens (including phenoxy) is 3. The molecule has 0 aliphatic rings. The summed E-state index contributed by atoms with van der Waals surface area (Å²) in [4.78, 5) is 1.91. The van der Waals surface area contributed by atoms with E-state index in [1.54, 1.807) is 12.1 Å². The van der Waals surface area contributed by atoms with Crippen LogP contribution in [0.15, 0.2) is 18.2 Å². The highest BCUT2D eigenvalue weighted by atomic mass is 16.5. The van der Waals surface area contributed by atoms with Gasteiger partial charge in [0, 0.05) is 6.54 Å². The van der Waals surface area contributed by atoms with E-state index in [2.05, 4.69) is 29.6 Å². The summed E-state index contributed by atoms with van der Waals surface area (Å²) in [5.74, 6) is 13.4. The Labute approximate surface area is 162 Å². The largest absolute Gasteiger partial charge is 0.477 e. The van der Waals surface area contributed by atoms with Gasteiger partial charge in [-0.1, -0.05) is 35.7 Å². The lowest BCUT2D eigenvalue weighted by atomic mass is 10.1. The van der Waals surface area contributed by atoms with Gasteiger partial charge in [-0.3, -0.25) is 4.90 Å². The molecule has 1 unspecified atom stereocenters. The molecule has 1 rings (SSSR count). The lowest BCUT2D eigenvalue weighted by molar-refractivity contribution is 0.0509. The highest BCUT2D eigenvalue weighted by Gasteiger charge is 2.18. The van der Waals surface area contributed by atoms with E-state index in [-0.39, 0.29) is 25.9 Å². The Morgan fingerprint density at radius 1 is 0.778 bits per heavy atom. The van der Waals surface area contributed by atoms with E-state index in [0.717, 1.165) is 5.56 Å². The zero-order valence-electron chi connectivity index (χ0n) is 15.1. The number of hydrogen-bond donors (Lipinski definition) is 0. The van der Waals surface area contributed by atoms with Gasteiger partial charge in [0.25, 0.3) is 0 Å². The van der Waals surface area contributed by atoms with Crippen molar-refractivity contribution in [1.29, 1.82) is 0 Å². The van der Waals surface area contributed by atoms with Crippen LogP contribution in [-0.2, 0) is 4.74 Å². The van der Waals surface area contributed by atoms with Crippen molar-refractivity contribution < 1.29 is 14.2 Å². The molecule has 0 aliphatic heterocycles. The van der Waals surface area contributed by atoms with E-state index in [1.807, 2.05) is 11.0 Å². The molecule has 1 atom stereocenters. The number of benzene rings is 1. The first-order valence-electron chi connectivity index (χ1n) is 8.10. The van der Waals surface area contributed by atoms with Gasteiger partial charge >= 0.3 is 0 Å². The zero-order chi connectivity index (χ0) is 19.9. The van der Waals surface area contributed by atoms with Crippen LogP contribution in [0.3, 0.4) is 0 Å². The molecule has 0 heterocycles. The van der Waals surface area contributed by atoms with Crippen LogP contribution >= 0.6 is 0 Å². The van der Waals surface area contributed by atoms with Gasteiger partial charge in [-0.2, -0.15) is 0 Å². The minimum Gasteiger partial charge on any atom is -0.477 e. The van der Waals surface area contributed by atoms with Gasteiger partial charge in [0.1, 0.15) is 19.8 Å². The summed E-state index contributed by atoms with van der Waals surface area (Å²) in [6.45, 7) is 1.59. The molecule has 1 aromatic rings. The minimum atomic E-state index is -0.363. The second-order valence-corrected chi connectivity index (χ2v) is 5.27. The normalized spacial score (nSPS) is 10.5. The fourth-order valence-corrected chi connectivity index (χ4v) is 2.28. The van der Waals surface area contributed by atoms with E-state index in [1.165, 1.54) is 0 Å². The molecule has 0 saturated carbocycles. The van der Waals surface area contributed by atoms with E-state index in [0.29, 0.717) is 31.1 Å². The Morgan fingerprint density at radius 2 is 1.37 bits per heavy atom. The maximum atomic E-state index is 5.80. The molecule has 0 saturated heterocycles. The molecular weight excluding hydrogens is 338 g/mol. The van der Waals surface area contributed by atoms with Gasteiger partial charge in [0.15, 0.2) is 11.5 Å². The van der Waals surface area contributed by atoms with Crippen molar-refractivity contribution in [2.24, 2.45) is 0 Å². The molecule has 0 aliphatic carbocycles. The van der Waals surface area contributed by atoms with Crippen LogP contribution in [0.1, 0.15) is 11.7 Å². The smallest absolute Gasteiger partial charge is 0.163 e. The molecular formula is C23H21NO3. The monoisotopic (exact) mass is 359 g/mol. The predicted octanol–water partition coefficient (Wildman–Crippen LogP) is 1.97. The van der Waals surface area contributed by atoms with Crippen molar-refractivity contribution in [3.05, 3.63) is 23.8 Å². The van der Waals surface area contributed by atoms with Crippen LogP contribution in [-0.4, -0.2) is 44.4 Å². The molecule has 0 bridgehead atoms. The lowest BCUT2D eigenvalue weighted by Crippen LogP contribution is -2.30. The summed E-state index contributed by atoms with van der Waals surface area (Å²) in [5.41, 5.74) is 0.823. The van der Waals surface area contributed by atoms with Gasteiger partial charge in [-0.05, 0) is 17.7 Å². The molecule has 4 nitrogen and oxygen atoms in total. The van der Waals surface area contributed by atoms with Gasteiger partial charge in [-0.15, -0.1) is 32.1 Å². The second-order valence-electron chi connectivity index (χ2n) is 5.27. The molecule has 27 heavy (non-hydrogen) atoms. The summed E-state index contributed by atoms with van der Waals surface area (Å²) in [7, 11) is 0. The SMILES string of the molecule is C#CCOc1ccc(C(CN(CC#C)CC#C)OCC#C)cc1OCC#C. The highest BCUT2D eigenvalue weighted by Crippen LogP contribution is 2.32. The lowest BCUT2D eigenvalue weighted by Gasteiger charge is -2.25. The van der Waals surface area contributed by atoms with Crippen molar-refractivity contribution in [2.75, 3.05) is 39.5 Å². The maximum Gasteiger partial charge on any atom is 0.163 e. The van der Waals surface area contributed by atoms with Crippen LogP contribution in [0.2, 0.25) is 0 Å². The molecule has 0 amide bonds. The molecule has 1 aromatic carbocycles. The second kappa shape index (κ2) is 12.8. The zero-order valence-corrected chi connectivity index (χ0v) is 15.1. The third kappa shape index (κ3) is 7.53. The highest BCUT2D eigenvalue weighted by molar-refractivity contribution is 5.44. The topological polar surface area (TPSA) is 30.9 Å². The molecule has 0 radical (unpaired) electrons. The Balaban J connectivity index is 3.14. The summed E-state index contributed by atoms with van der Waals surface area (Å²) in [6, 6.07) is 5.38. The van der Waals surface area contributed by atoms with Crippen molar-refractivity contribution in [2.45, 2.75) is 6.10 Å². The summed E-state index contributed by atoms with van der Waals surface area (Å²) in [6.07, 6.45) is 26.3. The molecule has 136 valence electrons. The molecule has 0 N–H and O–H groups in total. The van der Waals surface area contributed by atoms with E-state index >= 15 is 0 Å². The van der Waals surface area contributed by atoms with Crippen LogP contribution in [0.5, 0.6) is 11.5 Å². The standard InChI is InChI=1S/C23H21NO3/c1-6-13-24(14-7-2)19-23(27-17-10-5)20-11-12-21(25-15-8-3)22(18-20)26-16-9-4/h1-5,11-12,18,23H,13-17,19H2. The Bertz CT molecular complexity index is 792. The number of terminal acetylenes is 5. The van der Waals surface area contributed by atoms with Crippen LogP contribution < -0.4 is 9.47 Å². The van der Waals surface area contributed by atoms with Crippen molar-refractivity contribution >= 4 is 0 Å². The number of hydrogen-bond acceptors (Lipinski definition) is 4. The van der Waals surface area contributed by atoms with E-state index < -0.39 is 0 Å². The van der Waals surface area contributed by atoms with Crippen molar-refractivity contribution in [3.63, 3.8) is 0 Å². The molecule has 0 aromatic heterocycles. The Hall–Kier alpha value is -3.46. The molecule has 0 fully saturated rings. The average molecular weight is 359 g/mol. The van der Waals surface area contributed by atoms with Gasteiger partial charge in [0.2, 0.25) is 0 Å². The summed E-state index contributed by atoms with van der Waals surface area (Å²) >= 11 is 0.